The lowest BCUT2D eigenvalue weighted by atomic mass is 9.78. The molecule has 0 heterocycles. The number of nitrogens with one attached hydrogen (secondary N) is 1. The molecule has 1 aromatic rings. The van der Waals surface area contributed by atoms with Gasteiger partial charge in [-0.05, 0) is 37.5 Å². The van der Waals surface area contributed by atoms with Crippen LogP contribution >= 0.6 is 11.6 Å². The second-order valence-corrected chi connectivity index (χ2v) is 4.97. The van der Waals surface area contributed by atoms with E-state index in [1.54, 1.807) is 0 Å². The van der Waals surface area contributed by atoms with E-state index in [9.17, 15) is 9.90 Å². The van der Waals surface area contributed by atoms with E-state index >= 15 is 0 Å². The first-order valence-corrected chi connectivity index (χ1v) is 5.94. The van der Waals surface area contributed by atoms with E-state index in [0.29, 0.717) is 11.6 Å². The summed E-state index contributed by atoms with van der Waals surface area (Å²) in [6, 6.07) is 4.28. The van der Waals surface area contributed by atoms with Crippen molar-refractivity contribution in [2.24, 2.45) is 5.73 Å². The third-order valence-electron chi connectivity index (χ3n) is 3.14. The first-order valence-electron chi connectivity index (χ1n) is 5.56. The van der Waals surface area contributed by atoms with Crippen molar-refractivity contribution in [3.05, 3.63) is 28.8 Å². The number of phenols is 1. The molecule has 0 unspecified atom stereocenters. The van der Waals surface area contributed by atoms with E-state index in [1.165, 1.54) is 18.2 Å². The summed E-state index contributed by atoms with van der Waals surface area (Å²) in [6.07, 6.45) is 2.97. The van der Waals surface area contributed by atoms with Gasteiger partial charge in [-0.25, -0.2) is 0 Å². The molecule has 0 aromatic heterocycles. The Labute approximate surface area is 105 Å². The first-order chi connectivity index (χ1) is 8.00. The van der Waals surface area contributed by atoms with Crippen LogP contribution in [0.3, 0.4) is 0 Å². The molecule has 0 atom stereocenters. The van der Waals surface area contributed by atoms with Gasteiger partial charge in [-0.1, -0.05) is 11.6 Å². The molecular weight excluding hydrogens is 240 g/mol. The minimum atomic E-state index is -0.303. The number of phenolic OH excluding ortho intramolecular Hbond substituents is 1. The Morgan fingerprint density at radius 3 is 2.82 bits per heavy atom. The SMILES string of the molecule is NC1(CNC(=O)c2cc(O)ccc2Cl)CCC1. The van der Waals surface area contributed by atoms with Gasteiger partial charge in [-0.3, -0.25) is 4.79 Å². The first kappa shape index (κ1) is 12.2. The van der Waals surface area contributed by atoms with Crippen LogP contribution in [-0.2, 0) is 0 Å². The summed E-state index contributed by atoms with van der Waals surface area (Å²) in [5, 5.41) is 12.4. The van der Waals surface area contributed by atoms with Crippen LogP contribution in [0.4, 0.5) is 0 Å². The van der Waals surface area contributed by atoms with Crippen molar-refractivity contribution in [2.45, 2.75) is 24.8 Å². The van der Waals surface area contributed by atoms with Crippen LogP contribution in [0, 0.1) is 0 Å². The highest BCUT2D eigenvalue weighted by Gasteiger charge is 2.32. The van der Waals surface area contributed by atoms with E-state index in [0.717, 1.165) is 19.3 Å². The Hall–Kier alpha value is -1.26. The van der Waals surface area contributed by atoms with Gasteiger partial charge in [0.1, 0.15) is 5.75 Å². The second kappa shape index (κ2) is 4.55. The van der Waals surface area contributed by atoms with Crippen molar-refractivity contribution >= 4 is 17.5 Å². The van der Waals surface area contributed by atoms with E-state index in [2.05, 4.69) is 5.32 Å². The van der Waals surface area contributed by atoms with Crippen molar-refractivity contribution < 1.29 is 9.90 Å². The normalized spacial score (nSPS) is 17.3. The molecule has 1 saturated carbocycles. The predicted molar refractivity (Wildman–Crippen MR) is 66.2 cm³/mol. The molecule has 0 saturated heterocycles. The standard InChI is InChI=1S/C12H15ClN2O2/c13-10-3-2-8(16)6-9(10)11(17)15-7-12(14)4-1-5-12/h2-3,6,16H,1,4-5,7,14H2,(H,15,17). The summed E-state index contributed by atoms with van der Waals surface area (Å²) in [5.41, 5.74) is 6.01. The maximum atomic E-state index is 11.8. The summed E-state index contributed by atoms with van der Waals surface area (Å²) in [6.45, 7) is 0.442. The fraction of sp³-hybridized carbons (Fsp3) is 0.417. The van der Waals surface area contributed by atoms with Crippen LogP contribution in [0.2, 0.25) is 5.02 Å². The zero-order valence-corrected chi connectivity index (χ0v) is 10.1. The maximum absolute atomic E-state index is 11.8. The van der Waals surface area contributed by atoms with Crippen LogP contribution in [0.15, 0.2) is 18.2 Å². The van der Waals surface area contributed by atoms with Crippen molar-refractivity contribution in [3.8, 4) is 5.75 Å². The third-order valence-corrected chi connectivity index (χ3v) is 3.47. The van der Waals surface area contributed by atoms with Gasteiger partial charge in [0.05, 0.1) is 10.6 Å². The summed E-state index contributed by atoms with van der Waals surface area (Å²) in [7, 11) is 0. The molecule has 4 N–H and O–H groups in total. The molecule has 5 heteroatoms. The number of aromatic hydroxyl groups is 1. The minimum Gasteiger partial charge on any atom is -0.508 e. The minimum absolute atomic E-state index is 0.0191. The zero-order valence-electron chi connectivity index (χ0n) is 9.37. The molecule has 1 fully saturated rings. The Morgan fingerprint density at radius 2 is 2.24 bits per heavy atom. The smallest absolute Gasteiger partial charge is 0.252 e. The summed E-state index contributed by atoms with van der Waals surface area (Å²) >= 11 is 5.89. The molecule has 0 aliphatic heterocycles. The molecule has 1 aromatic carbocycles. The van der Waals surface area contributed by atoms with Crippen LogP contribution in [0.5, 0.6) is 5.75 Å². The maximum Gasteiger partial charge on any atom is 0.252 e. The topological polar surface area (TPSA) is 75.3 Å². The number of benzene rings is 1. The lowest BCUT2D eigenvalue weighted by Crippen LogP contribution is -2.54. The number of halogens is 1. The predicted octanol–water partition coefficient (Wildman–Crippen LogP) is 1.66. The van der Waals surface area contributed by atoms with Crippen LogP contribution in [0.25, 0.3) is 0 Å². The number of hydrogen-bond donors (Lipinski definition) is 3. The van der Waals surface area contributed by atoms with Gasteiger partial charge >= 0.3 is 0 Å². The fourth-order valence-electron chi connectivity index (χ4n) is 1.85. The largest absolute Gasteiger partial charge is 0.508 e. The molecular formula is C12H15ClN2O2. The molecule has 0 bridgehead atoms. The van der Waals surface area contributed by atoms with Gasteiger partial charge in [-0.2, -0.15) is 0 Å². The summed E-state index contributed by atoms with van der Waals surface area (Å²) in [4.78, 5) is 11.8. The highest BCUT2D eigenvalue weighted by atomic mass is 35.5. The monoisotopic (exact) mass is 254 g/mol. The lowest BCUT2D eigenvalue weighted by Gasteiger charge is -2.38. The molecule has 4 nitrogen and oxygen atoms in total. The second-order valence-electron chi connectivity index (χ2n) is 4.56. The number of carbonyl (C=O) groups is 1. The van der Waals surface area contributed by atoms with E-state index in [1.807, 2.05) is 0 Å². The quantitative estimate of drug-likeness (QED) is 0.768. The van der Waals surface area contributed by atoms with Gasteiger partial charge < -0.3 is 16.2 Å². The van der Waals surface area contributed by atoms with Crippen molar-refractivity contribution in [1.29, 1.82) is 0 Å². The number of hydrogen-bond acceptors (Lipinski definition) is 3. The molecule has 1 aliphatic rings. The average molecular weight is 255 g/mol. The molecule has 0 radical (unpaired) electrons. The van der Waals surface area contributed by atoms with E-state index < -0.39 is 0 Å². The lowest BCUT2D eigenvalue weighted by molar-refractivity contribution is 0.0929. The van der Waals surface area contributed by atoms with Crippen molar-refractivity contribution in [2.75, 3.05) is 6.54 Å². The molecule has 0 spiro atoms. The number of amides is 1. The van der Waals surface area contributed by atoms with Crippen molar-refractivity contribution in [1.82, 2.24) is 5.32 Å². The highest BCUT2D eigenvalue weighted by molar-refractivity contribution is 6.33. The number of rotatable bonds is 3. The van der Waals surface area contributed by atoms with E-state index in [-0.39, 0.29) is 22.8 Å². The summed E-state index contributed by atoms with van der Waals surface area (Å²) in [5.74, 6) is -0.284. The molecule has 92 valence electrons. The fourth-order valence-corrected chi connectivity index (χ4v) is 2.05. The van der Waals surface area contributed by atoms with Gasteiger partial charge in [-0.15, -0.1) is 0 Å². The average Bonchev–Trinajstić information content (AvgIpc) is 2.26. The van der Waals surface area contributed by atoms with E-state index in [4.69, 9.17) is 17.3 Å². The van der Waals surface area contributed by atoms with Crippen LogP contribution in [-0.4, -0.2) is 23.1 Å². The molecule has 17 heavy (non-hydrogen) atoms. The Morgan fingerprint density at radius 1 is 1.53 bits per heavy atom. The van der Waals surface area contributed by atoms with Crippen molar-refractivity contribution in [3.63, 3.8) is 0 Å². The number of carbonyl (C=O) groups excluding carboxylic acids is 1. The highest BCUT2D eigenvalue weighted by Crippen LogP contribution is 2.28. The molecule has 1 aliphatic carbocycles. The summed E-state index contributed by atoms with van der Waals surface area (Å²) < 4.78 is 0. The molecule has 1 amide bonds. The van der Waals surface area contributed by atoms with Gasteiger partial charge in [0, 0.05) is 12.1 Å². The third kappa shape index (κ3) is 2.70. The zero-order chi connectivity index (χ0) is 12.5. The van der Waals surface area contributed by atoms with Gasteiger partial charge in [0.15, 0.2) is 0 Å². The van der Waals surface area contributed by atoms with Crippen LogP contribution < -0.4 is 11.1 Å². The Bertz CT molecular complexity index is 444. The van der Waals surface area contributed by atoms with Crippen LogP contribution in [0.1, 0.15) is 29.6 Å². The Kier molecular flexibility index (Phi) is 3.26. The van der Waals surface area contributed by atoms with Gasteiger partial charge in [0.25, 0.3) is 5.91 Å². The number of nitrogens with two attached hydrogens (primary N) is 1. The Balaban J connectivity index is 2.01. The molecule has 2 rings (SSSR count). The van der Waals surface area contributed by atoms with Gasteiger partial charge in [0.2, 0.25) is 0 Å².